The molecule has 0 aliphatic carbocycles. The van der Waals surface area contributed by atoms with Crippen LogP contribution in [0.3, 0.4) is 0 Å². The largest absolute Gasteiger partial charge is 0.497 e. The predicted molar refractivity (Wildman–Crippen MR) is 58.8 cm³/mol. The normalized spacial score (nSPS) is 8.82. The summed E-state index contributed by atoms with van der Waals surface area (Å²) in [4.78, 5) is 21.6. The Morgan fingerprint density at radius 2 is 1.94 bits per heavy atom. The van der Waals surface area contributed by atoms with E-state index >= 15 is 0 Å². The van der Waals surface area contributed by atoms with Crippen LogP contribution in [-0.4, -0.2) is 31.3 Å². The van der Waals surface area contributed by atoms with Crippen LogP contribution in [0.15, 0.2) is 18.2 Å². The summed E-state index contributed by atoms with van der Waals surface area (Å²) >= 11 is 0. The Labute approximate surface area is 98.0 Å². The van der Waals surface area contributed by atoms with Crippen LogP contribution in [0.2, 0.25) is 0 Å². The standard InChI is InChI=1S/C12H10O5/c1-16-10-6-8(3-4-11(13)17-2)5-9(7-10)12(14)15/h5-7H,1-2H3,(H,14,15). The molecule has 0 spiro atoms. The number of hydrogen-bond acceptors (Lipinski definition) is 4. The summed E-state index contributed by atoms with van der Waals surface area (Å²) in [5, 5.41) is 8.86. The number of ether oxygens (including phenoxy) is 2. The minimum absolute atomic E-state index is 0.0403. The Hall–Kier alpha value is -2.48. The van der Waals surface area contributed by atoms with Gasteiger partial charge in [-0.1, -0.05) is 5.92 Å². The summed E-state index contributed by atoms with van der Waals surface area (Å²) in [6.07, 6.45) is 0. The van der Waals surface area contributed by atoms with E-state index in [2.05, 4.69) is 16.6 Å². The van der Waals surface area contributed by atoms with E-state index in [0.29, 0.717) is 11.3 Å². The van der Waals surface area contributed by atoms with Crippen molar-refractivity contribution in [1.29, 1.82) is 0 Å². The van der Waals surface area contributed by atoms with Gasteiger partial charge in [-0.25, -0.2) is 9.59 Å². The van der Waals surface area contributed by atoms with Gasteiger partial charge in [0.1, 0.15) is 5.75 Å². The van der Waals surface area contributed by atoms with Crippen molar-refractivity contribution in [2.75, 3.05) is 14.2 Å². The predicted octanol–water partition coefficient (Wildman–Crippen LogP) is 0.918. The van der Waals surface area contributed by atoms with Crippen molar-refractivity contribution in [3.05, 3.63) is 29.3 Å². The number of aromatic carboxylic acids is 1. The highest BCUT2D eigenvalue weighted by atomic mass is 16.5. The topological polar surface area (TPSA) is 72.8 Å². The third-order valence-electron chi connectivity index (χ3n) is 1.88. The van der Waals surface area contributed by atoms with Crippen LogP contribution in [0.1, 0.15) is 15.9 Å². The molecule has 0 heterocycles. The van der Waals surface area contributed by atoms with Crippen LogP contribution in [-0.2, 0) is 9.53 Å². The third kappa shape index (κ3) is 3.54. The van der Waals surface area contributed by atoms with Gasteiger partial charge in [0.2, 0.25) is 0 Å². The van der Waals surface area contributed by atoms with E-state index in [1.807, 2.05) is 0 Å². The molecule has 1 aromatic rings. The number of carboxylic acid groups (broad SMARTS) is 1. The fourth-order valence-electron chi connectivity index (χ4n) is 1.09. The maximum Gasteiger partial charge on any atom is 0.384 e. The summed E-state index contributed by atoms with van der Waals surface area (Å²) in [5.74, 6) is 3.28. The highest BCUT2D eigenvalue weighted by Crippen LogP contribution is 2.16. The van der Waals surface area contributed by atoms with Crippen LogP contribution in [0.25, 0.3) is 0 Å². The van der Waals surface area contributed by atoms with E-state index in [-0.39, 0.29) is 5.56 Å². The van der Waals surface area contributed by atoms with E-state index in [0.717, 1.165) is 0 Å². The molecule has 0 aromatic heterocycles. The maximum absolute atomic E-state index is 10.8. The third-order valence-corrected chi connectivity index (χ3v) is 1.88. The molecule has 17 heavy (non-hydrogen) atoms. The van der Waals surface area contributed by atoms with E-state index in [4.69, 9.17) is 9.84 Å². The molecule has 0 bridgehead atoms. The molecule has 0 fully saturated rings. The first-order valence-corrected chi connectivity index (χ1v) is 4.59. The fraction of sp³-hybridized carbons (Fsp3) is 0.167. The Morgan fingerprint density at radius 3 is 2.47 bits per heavy atom. The lowest BCUT2D eigenvalue weighted by Gasteiger charge is -2.02. The van der Waals surface area contributed by atoms with Gasteiger partial charge in [0.15, 0.2) is 0 Å². The van der Waals surface area contributed by atoms with Crippen molar-refractivity contribution in [1.82, 2.24) is 0 Å². The molecule has 0 aliphatic rings. The molecule has 5 heteroatoms. The molecule has 0 amide bonds. The molecule has 1 aromatic carbocycles. The van der Waals surface area contributed by atoms with Crippen molar-refractivity contribution in [3.63, 3.8) is 0 Å². The SMILES string of the molecule is COC(=O)C#Cc1cc(OC)cc(C(=O)O)c1. The van der Waals surface area contributed by atoms with Gasteiger partial charge in [0.05, 0.1) is 19.8 Å². The highest BCUT2D eigenvalue weighted by molar-refractivity contribution is 5.90. The summed E-state index contributed by atoms with van der Waals surface area (Å²) in [7, 11) is 2.63. The van der Waals surface area contributed by atoms with Gasteiger partial charge in [-0.15, -0.1) is 0 Å². The van der Waals surface area contributed by atoms with Gasteiger partial charge < -0.3 is 14.6 Å². The summed E-state index contributed by atoms with van der Waals surface area (Å²) in [6, 6.07) is 4.24. The van der Waals surface area contributed by atoms with Crippen molar-refractivity contribution < 1.29 is 24.2 Å². The minimum atomic E-state index is -1.09. The smallest absolute Gasteiger partial charge is 0.384 e. The molecule has 1 rings (SSSR count). The monoisotopic (exact) mass is 234 g/mol. The second-order valence-corrected chi connectivity index (χ2v) is 3.00. The first-order chi connectivity index (χ1) is 8.06. The van der Waals surface area contributed by atoms with Crippen LogP contribution in [0.4, 0.5) is 0 Å². The van der Waals surface area contributed by atoms with Crippen molar-refractivity contribution in [2.24, 2.45) is 0 Å². The van der Waals surface area contributed by atoms with Crippen LogP contribution < -0.4 is 4.74 Å². The second-order valence-electron chi connectivity index (χ2n) is 3.00. The fourth-order valence-corrected chi connectivity index (χ4v) is 1.09. The number of carbonyl (C=O) groups is 2. The lowest BCUT2D eigenvalue weighted by Crippen LogP contribution is -1.98. The average molecular weight is 234 g/mol. The second kappa shape index (κ2) is 5.56. The Bertz CT molecular complexity index is 507. The summed E-state index contributed by atoms with van der Waals surface area (Å²) in [6.45, 7) is 0. The van der Waals surface area contributed by atoms with Gasteiger partial charge >= 0.3 is 11.9 Å². The summed E-state index contributed by atoms with van der Waals surface area (Å²) < 4.78 is 9.28. The molecule has 88 valence electrons. The molecule has 0 saturated carbocycles. The van der Waals surface area contributed by atoms with Crippen molar-refractivity contribution >= 4 is 11.9 Å². The Balaban J connectivity index is 3.14. The number of methoxy groups -OCH3 is 2. The molecule has 5 nitrogen and oxygen atoms in total. The van der Waals surface area contributed by atoms with Crippen LogP contribution in [0.5, 0.6) is 5.75 Å². The molecular formula is C12H10O5. The molecular weight excluding hydrogens is 224 g/mol. The van der Waals surface area contributed by atoms with Gasteiger partial charge in [-0.3, -0.25) is 0 Å². The number of hydrogen-bond donors (Lipinski definition) is 1. The first-order valence-electron chi connectivity index (χ1n) is 4.59. The summed E-state index contributed by atoms with van der Waals surface area (Å²) in [5.41, 5.74) is 0.408. The Kier molecular flexibility index (Phi) is 4.12. The van der Waals surface area contributed by atoms with Crippen LogP contribution in [0, 0.1) is 11.8 Å². The number of carboxylic acids is 1. The molecule has 0 saturated heterocycles. The van der Waals surface area contributed by atoms with Gasteiger partial charge in [-0.05, 0) is 18.2 Å². The van der Waals surface area contributed by atoms with E-state index in [9.17, 15) is 9.59 Å². The molecule has 0 aliphatic heterocycles. The average Bonchev–Trinajstić information content (AvgIpc) is 2.35. The highest BCUT2D eigenvalue weighted by Gasteiger charge is 2.06. The van der Waals surface area contributed by atoms with Gasteiger partial charge in [0.25, 0.3) is 0 Å². The number of benzene rings is 1. The molecule has 0 radical (unpaired) electrons. The quantitative estimate of drug-likeness (QED) is 0.608. The zero-order chi connectivity index (χ0) is 12.8. The minimum Gasteiger partial charge on any atom is -0.497 e. The number of carbonyl (C=O) groups excluding carboxylic acids is 1. The zero-order valence-corrected chi connectivity index (χ0v) is 9.31. The maximum atomic E-state index is 10.8. The molecule has 1 N–H and O–H groups in total. The first kappa shape index (κ1) is 12.6. The van der Waals surface area contributed by atoms with Crippen molar-refractivity contribution in [2.45, 2.75) is 0 Å². The van der Waals surface area contributed by atoms with E-state index in [1.165, 1.54) is 32.4 Å². The number of esters is 1. The molecule has 0 unspecified atom stereocenters. The Morgan fingerprint density at radius 1 is 1.24 bits per heavy atom. The zero-order valence-electron chi connectivity index (χ0n) is 9.31. The van der Waals surface area contributed by atoms with Gasteiger partial charge in [-0.2, -0.15) is 0 Å². The number of rotatable bonds is 2. The lowest BCUT2D eigenvalue weighted by molar-refractivity contribution is -0.133. The van der Waals surface area contributed by atoms with Gasteiger partial charge in [0, 0.05) is 11.5 Å². The van der Waals surface area contributed by atoms with E-state index < -0.39 is 11.9 Å². The molecule has 0 atom stereocenters. The van der Waals surface area contributed by atoms with Crippen LogP contribution >= 0.6 is 0 Å². The lowest BCUT2D eigenvalue weighted by atomic mass is 10.1. The van der Waals surface area contributed by atoms with Crippen molar-refractivity contribution in [3.8, 4) is 17.6 Å². The van der Waals surface area contributed by atoms with E-state index in [1.54, 1.807) is 0 Å².